The summed E-state index contributed by atoms with van der Waals surface area (Å²) in [7, 11) is 0. The quantitative estimate of drug-likeness (QED) is 0.665. The highest BCUT2D eigenvalue weighted by Crippen LogP contribution is 2.16. The molecule has 4 nitrogen and oxygen atoms in total. The van der Waals surface area contributed by atoms with E-state index < -0.39 is 0 Å². The molecule has 1 aliphatic rings. The Bertz CT molecular complexity index is 350. The van der Waals surface area contributed by atoms with Gasteiger partial charge in [-0.15, -0.1) is 0 Å². The summed E-state index contributed by atoms with van der Waals surface area (Å²) in [6.45, 7) is 2.51. The Labute approximate surface area is 87.3 Å². The monoisotopic (exact) mass is 209 g/mol. The molecule has 0 spiro atoms. The molecule has 0 radical (unpaired) electrons. The third-order valence-corrected chi connectivity index (χ3v) is 2.50. The maximum atomic E-state index is 13.4. The molecule has 2 rings (SSSR count). The molecule has 0 aliphatic carbocycles. The molecular weight excluding hydrogens is 197 g/mol. The lowest BCUT2D eigenvalue weighted by Gasteiger charge is -2.33. The fourth-order valence-electron chi connectivity index (χ4n) is 1.65. The number of pyridine rings is 1. The van der Waals surface area contributed by atoms with Crippen LogP contribution in [0.25, 0.3) is 0 Å². The zero-order chi connectivity index (χ0) is 10.7. The number of carbonyl (C=O) groups excluding carboxylic acids is 1. The third kappa shape index (κ3) is 2.06. The van der Waals surface area contributed by atoms with Gasteiger partial charge < -0.3 is 9.80 Å². The van der Waals surface area contributed by atoms with Crippen molar-refractivity contribution in [3.05, 3.63) is 24.1 Å². The molecule has 0 unspecified atom stereocenters. The van der Waals surface area contributed by atoms with Gasteiger partial charge in [-0.25, -0.2) is 9.37 Å². The minimum absolute atomic E-state index is 0.308. The first-order chi connectivity index (χ1) is 7.31. The summed E-state index contributed by atoms with van der Waals surface area (Å²) in [5.41, 5.74) is 0. The van der Waals surface area contributed by atoms with Gasteiger partial charge in [-0.3, -0.25) is 4.79 Å². The van der Waals surface area contributed by atoms with Gasteiger partial charge in [-0.1, -0.05) is 0 Å². The number of aromatic nitrogens is 1. The summed E-state index contributed by atoms with van der Waals surface area (Å²) in [5, 5.41) is 0. The molecule has 80 valence electrons. The number of carbonyl (C=O) groups is 1. The molecule has 0 bridgehead atoms. The molecule has 0 aromatic carbocycles. The largest absolute Gasteiger partial charge is 0.351 e. The van der Waals surface area contributed by atoms with E-state index in [2.05, 4.69) is 4.98 Å². The molecule has 1 aromatic heterocycles. The summed E-state index contributed by atoms with van der Waals surface area (Å²) < 4.78 is 13.4. The first-order valence-corrected chi connectivity index (χ1v) is 4.86. The van der Waals surface area contributed by atoms with Crippen LogP contribution < -0.4 is 4.90 Å². The van der Waals surface area contributed by atoms with Gasteiger partial charge in [-0.05, 0) is 12.1 Å². The SMILES string of the molecule is O=CN1CCN(c2ncccc2F)CC1. The van der Waals surface area contributed by atoms with E-state index in [4.69, 9.17) is 0 Å². The Morgan fingerprint density at radius 2 is 2.07 bits per heavy atom. The molecule has 0 N–H and O–H groups in total. The van der Waals surface area contributed by atoms with Crippen LogP contribution in [0, 0.1) is 5.82 Å². The van der Waals surface area contributed by atoms with E-state index in [9.17, 15) is 9.18 Å². The molecule has 0 saturated carbocycles. The maximum Gasteiger partial charge on any atom is 0.209 e. The van der Waals surface area contributed by atoms with Crippen LogP contribution >= 0.6 is 0 Å². The van der Waals surface area contributed by atoms with Crippen molar-refractivity contribution < 1.29 is 9.18 Å². The first-order valence-electron chi connectivity index (χ1n) is 4.86. The van der Waals surface area contributed by atoms with E-state index in [-0.39, 0.29) is 5.82 Å². The van der Waals surface area contributed by atoms with E-state index in [1.54, 1.807) is 17.2 Å². The summed E-state index contributed by atoms with van der Waals surface area (Å²) in [6.07, 6.45) is 2.40. The lowest BCUT2D eigenvalue weighted by Crippen LogP contribution is -2.46. The zero-order valence-corrected chi connectivity index (χ0v) is 8.27. The topological polar surface area (TPSA) is 36.4 Å². The molecule has 0 atom stereocenters. The molecule has 1 amide bonds. The summed E-state index contributed by atoms with van der Waals surface area (Å²) >= 11 is 0. The van der Waals surface area contributed by atoms with Crippen molar-refractivity contribution in [1.29, 1.82) is 0 Å². The maximum absolute atomic E-state index is 13.4. The van der Waals surface area contributed by atoms with Crippen molar-refractivity contribution in [2.45, 2.75) is 0 Å². The summed E-state index contributed by atoms with van der Waals surface area (Å²) in [4.78, 5) is 18.0. The molecular formula is C10H12FN3O. The normalized spacial score (nSPS) is 16.6. The van der Waals surface area contributed by atoms with Gasteiger partial charge in [0.1, 0.15) is 0 Å². The Hall–Kier alpha value is -1.65. The summed E-state index contributed by atoms with van der Waals surface area (Å²) in [5.74, 6) is 0.0695. The van der Waals surface area contributed by atoms with Crippen LogP contribution in [0.15, 0.2) is 18.3 Å². The molecule has 5 heteroatoms. The highest BCUT2D eigenvalue weighted by Gasteiger charge is 2.18. The van der Waals surface area contributed by atoms with E-state index in [0.29, 0.717) is 32.0 Å². The Kier molecular flexibility index (Phi) is 2.80. The lowest BCUT2D eigenvalue weighted by molar-refractivity contribution is -0.118. The smallest absolute Gasteiger partial charge is 0.209 e. The van der Waals surface area contributed by atoms with Crippen LogP contribution in [-0.4, -0.2) is 42.5 Å². The fourth-order valence-corrected chi connectivity index (χ4v) is 1.65. The van der Waals surface area contributed by atoms with E-state index in [1.807, 2.05) is 4.90 Å². The second kappa shape index (κ2) is 4.25. The van der Waals surface area contributed by atoms with Crippen molar-refractivity contribution in [3.63, 3.8) is 0 Å². The highest BCUT2D eigenvalue weighted by atomic mass is 19.1. The molecule has 1 aliphatic heterocycles. The number of piperazine rings is 1. The average Bonchev–Trinajstić information content (AvgIpc) is 2.30. The Morgan fingerprint density at radius 1 is 1.33 bits per heavy atom. The lowest BCUT2D eigenvalue weighted by atomic mass is 10.3. The minimum Gasteiger partial charge on any atom is -0.351 e. The number of hydrogen-bond acceptors (Lipinski definition) is 3. The number of halogens is 1. The van der Waals surface area contributed by atoms with Gasteiger partial charge in [0.15, 0.2) is 11.6 Å². The van der Waals surface area contributed by atoms with Crippen LogP contribution in [0.2, 0.25) is 0 Å². The fraction of sp³-hybridized carbons (Fsp3) is 0.400. The van der Waals surface area contributed by atoms with Gasteiger partial charge >= 0.3 is 0 Å². The number of nitrogens with zero attached hydrogens (tertiary/aromatic N) is 3. The summed E-state index contributed by atoms with van der Waals surface area (Å²) in [6, 6.07) is 2.97. The van der Waals surface area contributed by atoms with Crippen LogP contribution in [0.4, 0.5) is 10.2 Å². The molecule has 1 fully saturated rings. The van der Waals surface area contributed by atoms with Crippen LogP contribution in [0.1, 0.15) is 0 Å². The van der Waals surface area contributed by atoms with Gasteiger partial charge in [0.05, 0.1) is 0 Å². The molecule has 1 aromatic rings. The van der Waals surface area contributed by atoms with Crippen molar-refractivity contribution in [2.24, 2.45) is 0 Å². The minimum atomic E-state index is -0.308. The molecule has 2 heterocycles. The Morgan fingerprint density at radius 3 is 2.67 bits per heavy atom. The zero-order valence-electron chi connectivity index (χ0n) is 8.27. The average molecular weight is 209 g/mol. The highest BCUT2D eigenvalue weighted by molar-refractivity contribution is 5.49. The second-order valence-electron chi connectivity index (χ2n) is 3.44. The van der Waals surface area contributed by atoms with Crippen LogP contribution in [-0.2, 0) is 4.79 Å². The predicted molar refractivity (Wildman–Crippen MR) is 54.0 cm³/mol. The number of rotatable bonds is 2. The van der Waals surface area contributed by atoms with Crippen LogP contribution in [0.3, 0.4) is 0 Å². The predicted octanol–water partition coefficient (Wildman–Crippen LogP) is 0.499. The standard InChI is InChI=1S/C10H12FN3O/c11-9-2-1-3-12-10(9)14-6-4-13(8-15)5-7-14/h1-3,8H,4-7H2. The second-order valence-corrected chi connectivity index (χ2v) is 3.44. The van der Waals surface area contributed by atoms with E-state index in [0.717, 1.165) is 6.41 Å². The van der Waals surface area contributed by atoms with Crippen LogP contribution in [0.5, 0.6) is 0 Å². The number of anilines is 1. The van der Waals surface area contributed by atoms with Gasteiger partial charge in [0.25, 0.3) is 0 Å². The van der Waals surface area contributed by atoms with Crippen molar-refractivity contribution in [2.75, 3.05) is 31.1 Å². The van der Waals surface area contributed by atoms with Crippen molar-refractivity contribution in [1.82, 2.24) is 9.88 Å². The van der Waals surface area contributed by atoms with Crippen molar-refractivity contribution in [3.8, 4) is 0 Å². The van der Waals surface area contributed by atoms with E-state index >= 15 is 0 Å². The molecule has 15 heavy (non-hydrogen) atoms. The van der Waals surface area contributed by atoms with E-state index in [1.165, 1.54) is 6.07 Å². The van der Waals surface area contributed by atoms with Crippen molar-refractivity contribution >= 4 is 12.2 Å². The molecule has 1 saturated heterocycles. The Balaban J connectivity index is 2.07. The van der Waals surface area contributed by atoms with Gasteiger partial charge in [-0.2, -0.15) is 0 Å². The first kappa shape index (κ1) is 9.89. The van der Waals surface area contributed by atoms with Gasteiger partial charge in [0, 0.05) is 32.4 Å². The number of amides is 1. The number of hydrogen-bond donors (Lipinski definition) is 0. The third-order valence-electron chi connectivity index (χ3n) is 2.50. The van der Waals surface area contributed by atoms with Gasteiger partial charge in [0.2, 0.25) is 6.41 Å².